The molecule has 0 saturated carbocycles. The molecule has 2 heterocycles. The summed E-state index contributed by atoms with van der Waals surface area (Å²) in [5, 5.41) is 12.2. The van der Waals surface area contributed by atoms with E-state index in [0.29, 0.717) is 12.6 Å². The van der Waals surface area contributed by atoms with Gasteiger partial charge in [-0.2, -0.15) is 0 Å². The van der Waals surface area contributed by atoms with Crippen LogP contribution in [0.4, 0.5) is 0 Å². The molecule has 13 heavy (non-hydrogen) atoms. The Morgan fingerprint density at radius 2 is 2.31 bits per heavy atom. The zero-order valence-electron chi connectivity index (χ0n) is 8.37. The first-order valence-electron chi connectivity index (χ1n) is 5.38. The molecule has 3 unspecified atom stereocenters. The molecule has 2 aliphatic rings. The Kier molecular flexibility index (Phi) is 2.86. The molecule has 0 aliphatic carbocycles. The summed E-state index contributed by atoms with van der Waals surface area (Å²) >= 11 is 0. The predicted octanol–water partition coefficient (Wildman–Crippen LogP) is -0.0915. The lowest BCUT2D eigenvalue weighted by atomic mass is 9.95. The maximum Gasteiger partial charge on any atom is 0.0443 e. The Balaban J connectivity index is 1.87. The van der Waals surface area contributed by atoms with E-state index in [1.807, 2.05) is 0 Å². The molecule has 0 spiro atoms. The van der Waals surface area contributed by atoms with Crippen molar-refractivity contribution in [2.24, 2.45) is 11.8 Å². The van der Waals surface area contributed by atoms with Crippen LogP contribution in [0.25, 0.3) is 0 Å². The van der Waals surface area contributed by atoms with Crippen LogP contribution in [-0.4, -0.2) is 48.8 Å². The Hall–Kier alpha value is -0.120. The van der Waals surface area contributed by atoms with Crippen LogP contribution in [0, 0.1) is 11.8 Å². The minimum Gasteiger partial charge on any atom is -0.396 e. The van der Waals surface area contributed by atoms with Crippen LogP contribution >= 0.6 is 0 Å². The molecular weight excluding hydrogens is 164 g/mol. The lowest BCUT2D eigenvalue weighted by Gasteiger charge is -2.23. The van der Waals surface area contributed by atoms with Gasteiger partial charge in [-0.1, -0.05) is 0 Å². The third-order valence-corrected chi connectivity index (χ3v) is 3.66. The molecule has 76 valence electrons. The van der Waals surface area contributed by atoms with Gasteiger partial charge in [0.05, 0.1) is 0 Å². The number of aliphatic hydroxyl groups excluding tert-OH is 1. The Morgan fingerprint density at radius 3 is 3.00 bits per heavy atom. The van der Waals surface area contributed by atoms with Gasteiger partial charge in [0.1, 0.15) is 0 Å². The van der Waals surface area contributed by atoms with Gasteiger partial charge in [-0.15, -0.1) is 0 Å². The third-order valence-electron chi connectivity index (χ3n) is 3.66. The van der Waals surface area contributed by atoms with Crippen LogP contribution in [0.2, 0.25) is 0 Å². The highest BCUT2D eigenvalue weighted by Gasteiger charge is 2.41. The highest BCUT2D eigenvalue weighted by Crippen LogP contribution is 2.31. The van der Waals surface area contributed by atoms with E-state index in [4.69, 9.17) is 5.11 Å². The third kappa shape index (κ3) is 1.73. The number of hydrogen-bond donors (Lipinski definition) is 2. The molecule has 0 aromatic heterocycles. The lowest BCUT2D eigenvalue weighted by Crippen LogP contribution is -2.34. The van der Waals surface area contributed by atoms with E-state index in [2.05, 4.69) is 17.1 Å². The summed E-state index contributed by atoms with van der Waals surface area (Å²) in [5.74, 6) is 1.73. The van der Waals surface area contributed by atoms with Gasteiger partial charge in [-0.05, 0) is 38.3 Å². The Bertz CT molecular complexity index is 174. The molecule has 0 bridgehead atoms. The summed E-state index contributed by atoms with van der Waals surface area (Å²) in [6, 6.07) is 0.714. The summed E-state index contributed by atoms with van der Waals surface area (Å²) < 4.78 is 0. The summed E-state index contributed by atoms with van der Waals surface area (Å²) in [4.78, 5) is 2.53. The van der Waals surface area contributed by atoms with Gasteiger partial charge in [-0.3, -0.25) is 4.90 Å². The molecule has 0 aromatic carbocycles. The van der Waals surface area contributed by atoms with E-state index >= 15 is 0 Å². The molecule has 0 amide bonds. The molecule has 0 radical (unpaired) electrons. The van der Waals surface area contributed by atoms with Gasteiger partial charge in [0.15, 0.2) is 0 Å². The predicted molar refractivity (Wildman–Crippen MR) is 52.6 cm³/mol. The van der Waals surface area contributed by atoms with Gasteiger partial charge in [-0.25, -0.2) is 0 Å². The average Bonchev–Trinajstić information content (AvgIpc) is 2.67. The fraction of sp³-hybridized carbons (Fsp3) is 1.00. The summed E-state index contributed by atoms with van der Waals surface area (Å²) in [6.07, 6.45) is 0.928. The van der Waals surface area contributed by atoms with Gasteiger partial charge in [0.25, 0.3) is 0 Å². The number of likely N-dealkylation sites (tertiary alicyclic amines) is 1. The van der Waals surface area contributed by atoms with Gasteiger partial charge in [0, 0.05) is 25.7 Å². The average molecular weight is 184 g/mol. The summed E-state index contributed by atoms with van der Waals surface area (Å²) in [6.45, 7) is 7.36. The van der Waals surface area contributed by atoms with Crippen molar-refractivity contribution in [3.63, 3.8) is 0 Å². The first-order valence-corrected chi connectivity index (χ1v) is 5.38. The first-order chi connectivity index (χ1) is 6.33. The summed E-state index contributed by atoms with van der Waals surface area (Å²) in [7, 11) is 0. The fourth-order valence-electron chi connectivity index (χ4n) is 2.82. The second-order valence-corrected chi connectivity index (χ2v) is 4.39. The number of rotatable bonds is 3. The number of aliphatic hydroxyl groups is 1. The fourth-order valence-corrected chi connectivity index (χ4v) is 2.82. The van der Waals surface area contributed by atoms with E-state index in [-0.39, 0.29) is 0 Å². The van der Waals surface area contributed by atoms with E-state index in [1.165, 1.54) is 19.6 Å². The van der Waals surface area contributed by atoms with Crippen molar-refractivity contribution >= 4 is 0 Å². The van der Waals surface area contributed by atoms with Crippen molar-refractivity contribution in [3.8, 4) is 0 Å². The zero-order valence-corrected chi connectivity index (χ0v) is 8.37. The second-order valence-electron chi connectivity index (χ2n) is 4.39. The number of fused-ring (bicyclic) bond motifs is 1. The highest BCUT2D eigenvalue weighted by atomic mass is 16.3. The Morgan fingerprint density at radius 1 is 1.46 bits per heavy atom. The maximum absolute atomic E-state index is 8.78. The SMILES string of the molecule is CC1C2CNCC2CN1CCCO. The van der Waals surface area contributed by atoms with Crippen LogP contribution in [0.1, 0.15) is 13.3 Å². The number of nitrogens with one attached hydrogen (secondary N) is 1. The molecule has 3 nitrogen and oxygen atoms in total. The quantitative estimate of drug-likeness (QED) is 0.643. The van der Waals surface area contributed by atoms with E-state index in [0.717, 1.165) is 24.8 Å². The van der Waals surface area contributed by atoms with Crippen LogP contribution in [0.3, 0.4) is 0 Å². The van der Waals surface area contributed by atoms with E-state index in [9.17, 15) is 0 Å². The molecule has 3 atom stereocenters. The monoisotopic (exact) mass is 184 g/mol. The largest absolute Gasteiger partial charge is 0.396 e. The zero-order chi connectivity index (χ0) is 9.26. The normalized spacial score (nSPS) is 39.7. The van der Waals surface area contributed by atoms with Gasteiger partial charge >= 0.3 is 0 Å². The van der Waals surface area contributed by atoms with Crippen molar-refractivity contribution in [2.75, 3.05) is 32.8 Å². The molecule has 2 rings (SSSR count). The smallest absolute Gasteiger partial charge is 0.0443 e. The molecule has 2 N–H and O–H groups in total. The highest BCUT2D eigenvalue weighted by molar-refractivity contribution is 4.96. The van der Waals surface area contributed by atoms with Crippen molar-refractivity contribution in [1.82, 2.24) is 10.2 Å². The van der Waals surface area contributed by atoms with E-state index < -0.39 is 0 Å². The molecule has 0 aromatic rings. The van der Waals surface area contributed by atoms with Crippen molar-refractivity contribution in [1.29, 1.82) is 0 Å². The van der Waals surface area contributed by atoms with Crippen molar-refractivity contribution in [3.05, 3.63) is 0 Å². The molecule has 3 heteroatoms. The van der Waals surface area contributed by atoms with Crippen molar-refractivity contribution in [2.45, 2.75) is 19.4 Å². The van der Waals surface area contributed by atoms with Crippen molar-refractivity contribution < 1.29 is 5.11 Å². The molecule has 2 fully saturated rings. The van der Waals surface area contributed by atoms with E-state index in [1.54, 1.807) is 0 Å². The molecular formula is C10H20N2O. The van der Waals surface area contributed by atoms with Gasteiger partial charge in [0.2, 0.25) is 0 Å². The molecule has 2 aliphatic heterocycles. The Labute approximate surface area is 80.1 Å². The number of nitrogens with zero attached hydrogens (tertiary/aromatic N) is 1. The topological polar surface area (TPSA) is 35.5 Å². The lowest BCUT2D eigenvalue weighted by molar-refractivity contribution is 0.205. The van der Waals surface area contributed by atoms with Crippen LogP contribution in [0.5, 0.6) is 0 Å². The minimum absolute atomic E-state index is 0.330. The maximum atomic E-state index is 8.78. The number of hydrogen-bond acceptors (Lipinski definition) is 3. The van der Waals surface area contributed by atoms with Crippen LogP contribution in [-0.2, 0) is 0 Å². The standard InChI is InChI=1S/C10H20N2O/c1-8-10-6-11-5-9(10)7-12(8)3-2-4-13/h8-11,13H,2-7H2,1H3. The minimum atomic E-state index is 0.330. The summed E-state index contributed by atoms with van der Waals surface area (Å²) in [5.41, 5.74) is 0. The first kappa shape index (κ1) is 9.44. The second kappa shape index (κ2) is 3.95. The van der Waals surface area contributed by atoms with Crippen LogP contribution < -0.4 is 5.32 Å². The van der Waals surface area contributed by atoms with Gasteiger partial charge < -0.3 is 10.4 Å². The van der Waals surface area contributed by atoms with Crippen LogP contribution in [0.15, 0.2) is 0 Å². The molecule has 2 saturated heterocycles.